The Kier molecular flexibility index (Phi) is 5.52. The van der Waals surface area contributed by atoms with Crippen LogP contribution in [0, 0.1) is 5.92 Å². The minimum atomic E-state index is -4.89. The van der Waals surface area contributed by atoms with E-state index in [2.05, 4.69) is 0 Å². The lowest BCUT2D eigenvalue weighted by Gasteiger charge is -2.31. The van der Waals surface area contributed by atoms with Crippen LogP contribution in [0.5, 0.6) is 0 Å². The van der Waals surface area contributed by atoms with Gasteiger partial charge in [-0.1, -0.05) is 0 Å². The van der Waals surface area contributed by atoms with E-state index in [1.54, 1.807) is 0 Å². The first-order chi connectivity index (χ1) is 11.9. The Morgan fingerprint density at radius 2 is 1.77 bits per heavy atom. The number of nitrogens with zero attached hydrogens (tertiary/aromatic N) is 1. The van der Waals surface area contributed by atoms with E-state index >= 15 is 0 Å². The van der Waals surface area contributed by atoms with E-state index in [9.17, 15) is 35.9 Å². The number of hydrogen-bond donors (Lipinski definition) is 1. The average molecular weight is 382 g/mol. The van der Waals surface area contributed by atoms with Gasteiger partial charge in [-0.25, -0.2) is 0 Å². The molecule has 0 unspecified atom stereocenters. The summed E-state index contributed by atoms with van der Waals surface area (Å²) in [7, 11) is 0. The van der Waals surface area contributed by atoms with Crippen molar-refractivity contribution in [3.05, 3.63) is 34.9 Å². The molecule has 0 aromatic heterocycles. The molecule has 1 aliphatic heterocycles. The van der Waals surface area contributed by atoms with Crippen LogP contribution < -0.4 is 5.73 Å². The van der Waals surface area contributed by atoms with Crippen molar-refractivity contribution in [2.75, 3.05) is 13.1 Å². The van der Waals surface area contributed by atoms with E-state index in [0.717, 1.165) is 0 Å². The Bertz CT molecular complexity index is 699. The van der Waals surface area contributed by atoms with Crippen molar-refractivity contribution in [1.82, 2.24) is 4.90 Å². The van der Waals surface area contributed by atoms with Crippen LogP contribution in [0.25, 0.3) is 0 Å². The van der Waals surface area contributed by atoms with Crippen molar-refractivity contribution in [2.45, 2.75) is 31.6 Å². The van der Waals surface area contributed by atoms with Crippen LogP contribution in [0.2, 0.25) is 0 Å². The molecular formula is C16H16F6N2O2. The van der Waals surface area contributed by atoms with Gasteiger partial charge in [-0.3, -0.25) is 9.59 Å². The number of nitrogens with two attached hydrogens (primary N) is 1. The number of carbonyl (C=O) groups excluding carboxylic acids is 2. The predicted octanol–water partition coefficient (Wildman–Crippen LogP) is 2.99. The highest BCUT2D eigenvalue weighted by Crippen LogP contribution is 2.37. The summed E-state index contributed by atoms with van der Waals surface area (Å²) in [6, 6.07) is 1.00. The van der Waals surface area contributed by atoms with Crippen LogP contribution in [0.15, 0.2) is 18.2 Å². The van der Waals surface area contributed by atoms with Crippen LogP contribution in [0.1, 0.15) is 29.5 Å². The Hall–Kier alpha value is -2.26. The zero-order valence-corrected chi connectivity index (χ0v) is 13.5. The van der Waals surface area contributed by atoms with Crippen molar-refractivity contribution in [1.29, 1.82) is 0 Å². The Morgan fingerprint density at radius 1 is 1.12 bits per heavy atom. The highest BCUT2D eigenvalue weighted by atomic mass is 19.4. The second-order valence-corrected chi connectivity index (χ2v) is 6.13. The number of amides is 2. The molecule has 1 aliphatic rings. The van der Waals surface area contributed by atoms with Crippen LogP contribution in [-0.2, 0) is 28.4 Å². The van der Waals surface area contributed by atoms with E-state index in [0.29, 0.717) is 31.0 Å². The van der Waals surface area contributed by atoms with Gasteiger partial charge in [-0.05, 0) is 36.6 Å². The van der Waals surface area contributed by atoms with Gasteiger partial charge in [0.05, 0.1) is 23.5 Å². The minimum absolute atomic E-state index is 0.0471. The van der Waals surface area contributed by atoms with Gasteiger partial charge in [-0.15, -0.1) is 0 Å². The van der Waals surface area contributed by atoms with Crippen molar-refractivity contribution in [2.24, 2.45) is 11.7 Å². The maximum Gasteiger partial charge on any atom is 0.416 e. The highest BCUT2D eigenvalue weighted by molar-refractivity contribution is 5.81. The van der Waals surface area contributed by atoms with E-state index in [1.165, 1.54) is 4.90 Å². The first-order valence-electron chi connectivity index (χ1n) is 7.74. The van der Waals surface area contributed by atoms with E-state index in [1.807, 2.05) is 0 Å². The standard InChI is InChI=1S/C16H16F6N2O2/c17-15(18,19)11-3-4-12(16(20,21)22)10(6-11)7-13(25)24-5-1-2-9(8-24)14(23)26/h3-4,6,9H,1-2,5,7-8H2,(H2,23,26)/t9-/m0/s1. The van der Waals surface area contributed by atoms with Gasteiger partial charge in [0.15, 0.2) is 0 Å². The smallest absolute Gasteiger partial charge is 0.369 e. The topological polar surface area (TPSA) is 63.4 Å². The molecule has 1 aromatic rings. The number of rotatable bonds is 3. The largest absolute Gasteiger partial charge is 0.416 e. The highest BCUT2D eigenvalue weighted by Gasteiger charge is 2.38. The fourth-order valence-electron chi connectivity index (χ4n) is 2.90. The number of piperidine rings is 1. The van der Waals surface area contributed by atoms with Crippen LogP contribution >= 0.6 is 0 Å². The van der Waals surface area contributed by atoms with E-state index in [4.69, 9.17) is 5.73 Å². The number of halogens is 6. The zero-order valence-electron chi connectivity index (χ0n) is 13.5. The quantitative estimate of drug-likeness (QED) is 0.817. The minimum Gasteiger partial charge on any atom is -0.369 e. The van der Waals surface area contributed by atoms with Gasteiger partial charge in [-0.2, -0.15) is 26.3 Å². The SMILES string of the molecule is NC(=O)[C@H]1CCCN(C(=O)Cc2cc(C(F)(F)F)ccc2C(F)(F)F)C1. The molecule has 0 aliphatic carbocycles. The summed E-state index contributed by atoms with van der Waals surface area (Å²) < 4.78 is 77.6. The molecule has 4 nitrogen and oxygen atoms in total. The molecule has 2 N–H and O–H groups in total. The monoisotopic (exact) mass is 382 g/mol. The van der Waals surface area contributed by atoms with Crippen molar-refractivity contribution < 1.29 is 35.9 Å². The summed E-state index contributed by atoms with van der Waals surface area (Å²) in [6.07, 6.45) is -9.67. The lowest BCUT2D eigenvalue weighted by atomic mass is 9.95. The summed E-state index contributed by atoms with van der Waals surface area (Å²) in [5, 5.41) is 0. The molecule has 0 spiro atoms. The molecule has 1 saturated heterocycles. The Morgan fingerprint density at radius 3 is 2.31 bits per heavy atom. The number of likely N-dealkylation sites (tertiary alicyclic amines) is 1. The second-order valence-electron chi connectivity index (χ2n) is 6.13. The molecule has 10 heteroatoms. The van der Waals surface area contributed by atoms with Gasteiger partial charge in [0.25, 0.3) is 0 Å². The molecule has 1 heterocycles. The maximum absolute atomic E-state index is 13.1. The molecule has 1 aromatic carbocycles. The van der Waals surface area contributed by atoms with Crippen LogP contribution in [-0.4, -0.2) is 29.8 Å². The first kappa shape index (κ1) is 20.1. The lowest BCUT2D eigenvalue weighted by Crippen LogP contribution is -2.44. The molecule has 0 saturated carbocycles. The number of carbonyl (C=O) groups is 2. The number of hydrogen-bond acceptors (Lipinski definition) is 2. The molecular weight excluding hydrogens is 366 g/mol. The normalized spacial score (nSPS) is 18.7. The van der Waals surface area contributed by atoms with E-state index in [-0.39, 0.29) is 13.1 Å². The molecule has 2 amide bonds. The average Bonchev–Trinajstić information content (AvgIpc) is 2.53. The van der Waals surface area contributed by atoms with Crippen molar-refractivity contribution in [3.8, 4) is 0 Å². The van der Waals surface area contributed by atoms with Crippen LogP contribution in [0.3, 0.4) is 0 Å². The Balaban J connectivity index is 2.28. The maximum atomic E-state index is 13.1. The van der Waals surface area contributed by atoms with Gasteiger partial charge < -0.3 is 10.6 Å². The summed E-state index contributed by atoms with van der Waals surface area (Å²) in [5.74, 6) is -2.02. The fourth-order valence-corrected chi connectivity index (χ4v) is 2.90. The summed E-state index contributed by atoms with van der Waals surface area (Å²) in [6.45, 7) is 0.164. The van der Waals surface area contributed by atoms with Gasteiger partial charge in [0, 0.05) is 13.1 Å². The van der Waals surface area contributed by atoms with Crippen molar-refractivity contribution in [3.63, 3.8) is 0 Å². The van der Waals surface area contributed by atoms with Gasteiger partial charge >= 0.3 is 12.4 Å². The summed E-state index contributed by atoms with van der Waals surface area (Å²) >= 11 is 0. The van der Waals surface area contributed by atoms with Gasteiger partial charge in [0.2, 0.25) is 11.8 Å². The second kappa shape index (κ2) is 7.16. The molecule has 2 rings (SSSR count). The van der Waals surface area contributed by atoms with Crippen molar-refractivity contribution >= 4 is 11.8 Å². The third-order valence-corrected chi connectivity index (χ3v) is 4.26. The first-order valence-corrected chi connectivity index (χ1v) is 7.74. The number of alkyl halides is 6. The molecule has 144 valence electrons. The lowest BCUT2D eigenvalue weighted by molar-refractivity contribution is -0.142. The third-order valence-electron chi connectivity index (χ3n) is 4.26. The zero-order chi connectivity index (χ0) is 19.7. The molecule has 0 bridgehead atoms. The molecule has 0 radical (unpaired) electrons. The summed E-state index contributed by atoms with van der Waals surface area (Å²) in [4.78, 5) is 24.7. The number of primary amides is 1. The summed E-state index contributed by atoms with van der Waals surface area (Å²) in [5.41, 5.74) is 1.88. The third kappa shape index (κ3) is 4.67. The molecule has 26 heavy (non-hydrogen) atoms. The number of benzene rings is 1. The molecule has 1 atom stereocenters. The van der Waals surface area contributed by atoms with Crippen LogP contribution in [0.4, 0.5) is 26.3 Å². The fraction of sp³-hybridized carbons (Fsp3) is 0.500. The Labute approximate surface area is 144 Å². The van der Waals surface area contributed by atoms with E-state index < -0.39 is 53.2 Å². The van der Waals surface area contributed by atoms with Gasteiger partial charge in [0.1, 0.15) is 0 Å². The molecule has 1 fully saturated rings. The predicted molar refractivity (Wildman–Crippen MR) is 78.6 cm³/mol.